The number of aliphatic hydroxyl groups is 1. The molecule has 0 saturated carbocycles. The van der Waals surface area contributed by atoms with E-state index in [9.17, 15) is 15.0 Å². The van der Waals surface area contributed by atoms with Gasteiger partial charge in [-0.3, -0.25) is 0 Å². The molecule has 1 aliphatic heterocycles. The number of carbonyl (C=O) groups excluding carboxylic acids is 1. The Bertz CT molecular complexity index is 2050. The molecule has 0 aliphatic carbocycles. The van der Waals surface area contributed by atoms with Gasteiger partial charge >= 0.3 is 6.03 Å². The number of ether oxygens (including phenoxy) is 3. The van der Waals surface area contributed by atoms with Crippen LogP contribution in [0.2, 0.25) is 0 Å². The van der Waals surface area contributed by atoms with Crippen LogP contribution in [0, 0.1) is 0 Å². The van der Waals surface area contributed by atoms with Crippen LogP contribution in [-0.2, 0) is 22.6 Å². The number of carbonyl (C=O) groups is 1. The fraction of sp³-hybridized carbons (Fsp3) is 0.179. The summed E-state index contributed by atoms with van der Waals surface area (Å²) in [5.74, 6) is 2.13. The molecule has 5 aromatic carbocycles. The Morgan fingerprint density at radius 2 is 1.52 bits per heavy atom. The third-order valence-corrected chi connectivity index (χ3v) is 9.40. The van der Waals surface area contributed by atoms with Crippen molar-refractivity contribution in [3.8, 4) is 22.9 Å². The van der Waals surface area contributed by atoms with Gasteiger partial charge in [-0.25, -0.2) is 4.79 Å². The van der Waals surface area contributed by atoms with Gasteiger partial charge in [0.25, 0.3) is 0 Å². The summed E-state index contributed by atoms with van der Waals surface area (Å²) in [7, 11) is 0. The fourth-order valence-corrected chi connectivity index (χ4v) is 6.50. The smallest absolute Gasteiger partial charge is 0.319 e. The van der Waals surface area contributed by atoms with Crippen molar-refractivity contribution in [3.63, 3.8) is 0 Å². The number of aromatic hydroxyl groups is 1. The van der Waals surface area contributed by atoms with E-state index in [1.54, 1.807) is 53.2 Å². The molecular formula is C39H36N6O6S. The van der Waals surface area contributed by atoms with E-state index < -0.39 is 6.29 Å². The topological polar surface area (TPSA) is 153 Å². The van der Waals surface area contributed by atoms with Crippen LogP contribution in [0.1, 0.15) is 41.1 Å². The minimum absolute atomic E-state index is 0.0346. The van der Waals surface area contributed by atoms with E-state index in [0.29, 0.717) is 35.3 Å². The largest absolute Gasteiger partial charge is 0.508 e. The van der Waals surface area contributed by atoms with Crippen LogP contribution in [-0.4, -0.2) is 48.3 Å². The summed E-state index contributed by atoms with van der Waals surface area (Å²) in [6.45, 7) is 0.287. The molecule has 1 aliphatic rings. The van der Waals surface area contributed by atoms with Crippen LogP contribution in [0.3, 0.4) is 0 Å². The number of phenolic OH excluding ortho intramolecular Hbond substituents is 1. The van der Waals surface area contributed by atoms with E-state index in [0.717, 1.165) is 33.7 Å². The maximum atomic E-state index is 12.7. The van der Waals surface area contributed by atoms with E-state index in [2.05, 4.69) is 26.2 Å². The lowest BCUT2D eigenvalue weighted by atomic mass is 10.0. The summed E-state index contributed by atoms with van der Waals surface area (Å²) in [4.78, 5) is 12.7. The number of rotatable bonds is 12. The molecule has 3 atom stereocenters. The van der Waals surface area contributed by atoms with Gasteiger partial charge < -0.3 is 35.1 Å². The molecule has 1 fully saturated rings. The molecule has 1 saturated heterocycles. The predicted molar refractivity (Wildman–Crippen MR) is 195 cm³/mol. The molecule has 13 heteroatoms. The van der Waals surface area contributed by atoms with Crippen LogP contribution in [0.5, 0.6) is 17.2 Å². The number of nitrogens with one attached hydrogen (secondary N) is 2. The molecule has 0 radical (unpaired) electrons. The average Bonchev–Trinajstić information content (AvgIpc) is 3.66. The molecule has 52 heavy (non-hydrogen) atoms. The molecule has 6 aromatic rings. The fourth-order valence-electron chi connectivity index (χ4n) is 5.60. The summed E-state index contributed by atoms with van der Waals surface area (Å²) in [6.07, 6.45) is -0.508. The highest BCUT2D eigenvalue weighted by atomic mass is 32.2. The first-order valence-electron chi connectivity index (χ1n) is 16.7. The average molecular weight is 717 g/mol. The Labute approximate surface area is 304 Å². The van der Waals surface area contributed by atoms with Gasteiger partial charge in [-0.05, 0) is 87.8 Å². The van der Waals surface area contributed by atoms with Gasteiger partial charge in [0, 0.05) is 30.0 Å². The Hall–Kier alpha value is -5.73. The summed E-state index contributed by atoms with van der Waals surface area (Å²) in [6, 6.07) is 38.5. The third-order valence-electron chi connectivity index (χ3n) is 8.34. The number of thioether (sulfide) groups is 1. The van der Waals surface area contributed by atoms with Crippen molar-refractivity contribution in [3.05, 3.63) is 150 Å². The molecule has 2 heterocycles. The number of aliphatic hydroxyl groups excluding tert-OH is 1. The zero-order valence-electron chi connectivity index (χ0n) is 27.9. The van der Waals surface area contributed by atoms with E-state index in [1.807, 2.05) is 78.9 Å². The summed E-state index contributed by atoms with van der Waals surface area (Å²) in [5.41, 5.74) is 4.93. The second-order valence-electron chi connectivity index (χ2n) is 12.0. The molecule has 0 bridgehead atoms. The number of hydrogen-bond acceptors (Lipinski definition) is 10. The van der Waals surface area contributed by atoms with E-state index in [1.165, 1.54) is 11.8 Å². The van der Waals surface area contributed by atoms with Crippen molar-refractivity contribution >= 4 is 23.5 Å². The lowest BCUT2D eigenvalue weighted by Gasteiger charge is -2.36. The standard InChI is InChI=1S/C39H36N6O6S/c46-24-27-8-10-28(11-9-27)36-22-35(25-52-39-42-43-44-45(39)31-16-18-32(47)19-17-31)50-37(51-36)29-12-6-26(7-13-29)23-40-38(48)41-30-14-20-34(21-15-30)49-33-4-2-1-3-5-33/h1-21,35-37,46-47H,22-25H2,(H2,40,41,48). The second-order valence-corrected chi connectivity index (χ2v) is 13.0. The summed E-state index contributed by atoms with van der Waals surface area (Å²) in [5, 5.41) is 37.8. The van der Waals surface area contributed by atoms with Gasteiger partial charge in [-0.2, -0.15) is 4.68 Å². The highest BCUT2D eigenvalue weighted by Crippen LogP contribution is 2.39. The van der Waals surface area contributed by atoms with Crippen molar-refractivity contribution in [1.82, 2.24) is 25.5 Å². The molecule has 7 rings (SSSR count). The quantitative estimate of drug-likeness (QED) is 0.0949. The zero-order chi connectivity index (χ0) is 35.7. The third kappa shape index (κ3) is 8.94. The van der Waals surface area contributed by atoms with Gasteiger partial charge in [0.15, 0.2) is 6.29 Å². The maximum Gasteiger partial charge on any atom is 0.319 e. The monoisotopic (exact) mass is 716 g/mol. The van der Waals surface area contributed by atoms with Crippen LogP contribution in [0.25, 0.3) is 5.69 Å². The van der Waals surface area contributed by atoms with Gasteiger partial charge in [0.1, 0.15) is 17.2 Å². The predicted octanol–water partition coefficient (Wildman–Crippen LogP) is 7.31. The lowest BCUT2D eigenvalue weighted by molar-refractivity contribution is -0.245. The van der Waals surface area contributed by atoms with Crippen molar-refractivity contribution in [2.45, 2.75) is 43.2 Å². The van der Waals surface area contributed by atoms with E-state index in [4.69, 9.17) is 14.2 Å². The number of urea groups is 1. The Kier molecular flexibility index (Phi) is 11.0. The zero-order valence-corrected chi connectivity index (χ0v) is 28.7. The number of anilines is 1. The van der Waals surface area contributed by atoms with Crippen LogP contribution in [0.15, 0.2) is 133 Å². The number of nitrogens with zero attached hydrogens (tertiary/aromatic N) is 4. The Balaban J connectivity index is 0.972. The molecule has 12 nitrogen and oxygen atoms in total. The summed E-state index contributed by atoms with van der Waals surface area (Å²) >= 11 is 1.47. The van der Waals surface area contributed by atoms with Crippen molar-refractivity contribution in [1.29, 1.82) is 0 Å². The first-order chi connectivity index (χ1) is 25.5. The molecule has 1 aromatic heterocycles. The van der Waals surface area contributed by atoms with Crippen molar-refractivity contribution in [2.24, 2.45) is 0 Å². The maximum absolute atomic E-state index is 12.7. The Morgan fingerprint density at radius 3 is 2.25 bits per heavy atom. The number of phenols is 1. The first-order valence-corrected chi connectivity index (χ1v) is 17.7. The van der Waals surface area contributed by atoms with Crippen molar-refractivity contribution in [2.75, 3.05) is 11.1 Å². The van der Waals surface area contributed by atoms with E-state index >= 15 is 0 Å². The first kappa shape index (κ1) is 34.7. The van der Waals surface area contributed by atoms with Crippen molar-refractivity contribution < 1.29 is 29.2 Å². The van der Waals surface area contributed by atoms with Crippen LogP contribution < -0.4 is 15.4 Å². The van der Waals surface area contributed by atoms with Crippen LogP contribution in [0.4, 0.5) is 10.5 Å². The van der Waals surface area contributed by atoms with Gasteiger partial charge in [0.2, 0.25) is 5.16 Å². The van der Waals surface area contributed by atoms with Gasteiger partial charge in [-0.1, -0.05) is 78.5 Å². The molecule has 3 unspecified atom stereocenters. The number of hydrogen-bond donors (Lipinski definition) is 4. The number of benzene rings is 5. The second kappa shape index (κ2) is 16.5. The highest BCUT2D eigenvalue weighted by molar-refractivity contribution is 7.99. The highest BCUT2D eigenvalue weighted by Gasteiger charge is 2.32. The summed E-state index contributed by atoms with van der Waals surface area (Å²) < 4.78 is 20.4. The SMILES string of the molecule is O=C(NCc1ccc(C2OC(CSc3nnnn3-c3ccc(O)cc3)CC(c3ccc(CO)cc3)O2)cc1)Nc1ccc(Oc2ccccc2)cc1. The van der Waals surface area contributed by atoms with Gasteiger partial charge in [0.05, 0.1) is 24.5 Å². The minimum Gasteiger partial charge on any atom is -0.508 e. The lowest BCUT2D eigenvalue weighted by Crippen LogP contribution is -2.31. The number of aromatic nitrogens is 4. The molecular weight excluding hydrogens is 681 g/mol. The molecule has 0 spiro atoms. The molecule has 2 amide bonds. The van der Waals surface area contributed by atoms with Crippen LogP contribution >= 0.6 is 11.8 Å². The number of amides is 2. The normalized spacial score (nSPS) is 17.0. The van der Waals surface area contributed by atoms with Gasteiger partial charge in [-0.15, -0.1) is 5.10 Å². The number of tetrazole rings is 1. The minimum atomic E-state index is -0.644. The number of para-hydroxylation sites is 1. The van der Waals surface area contributed by atoms with E-state index in [-0.39, 0.29) is 30.6 Å². The molecule has 4 N–H and O–H groups in total. The molecule has 264 valence electrons. The Morgan fingerprint density at radius 1 is 0.827 bits per heavy atom.